The molecule has 7 nitrogen and oxygen atoms in total. The Morgan fingerprint density at radius 3 is 2.62 bits per heavy atom. The van der Waals surface area contributed by atoms with Crippen LogP contribution in [0.5, 0.6) is 5.75 Å². The first-order valence-electron chi connectivity index (χ1n) is 8.61. The van der Waals surface area contributed by atoms with E-state index in [1.807, 2.05) is 12.1 Å². The lowest BCUT2D eigenvalue weighted by Gasteiger charge is -2.32. The van der Waals surface area contributed by atoms with Crippen LogP contribution >= 0.6 is 0 Å². The number of hydrogen-bond donors (Lipinski definition) is 2. The minimum atomic E-state index is -0.0406. The third-order valence-corrected chi connectivity index (χ3v) is 4.68. The fraction of sp³-hybridized carbons (Fsp3) is 0.263. The van der Waals surface area contributed by atoms with Crippen molar-refractivity contribution in [1.82, 2.24) is 15.0 Å². The number of aromatic nitrogens is 3. The summed E-state index contributed by atoms with van der Waals surface area (Å²) < 4.78 is 0. The van der Waals surface area contributed by atoms with E-state index < -0.39 is 0 Å². The number of carbonyl (C=O) groups excluding carboxylic acids is 1. The maximum Gasteiger partial charge on any atom is 0.227 e. The molecule has 1 aliphatic heterocycles. The number of phenolic OH excluding ortho intramolecular Hbond substituents is 1. The van der Waals surface area contributed by atoms with Gasteiger partial charge < -0.3 is 15.3 Å². The highest BCUT2D eigenvalue weighted by Gasteiger charge is 2.26. The van der Waals surface area contributed by atoms with Gasteiger partial charge in [0.25, 0.3) is 0 Å². The molecular weight excluding hydrogens is 330 g/mol. The number of aromatic hydroxyl groups is 1. The van der Waals surface area contributed by atoms with Crippen LogP contribution in [-0.2, 0) is 4.79 Å². The maximum absolute atomic E-state index is 12.5. The van der Waals surface area contributed by atoms with Gasteiger partial charge in [-0.05, 0) is 49.2 Å². The fourth-order valence-electron chi connectivity index (χ4n) is 3.25. The molecule has 0 aliphatic carbocycles. The lowest BCUT2D eigenvalue weighted by atomic mass is 9.95. The van der Waals surface area contributed by atoms with Crippen molar-refractivity contribution in [1.29, 1.82) is 0 Å². The number of nitrogens with zero attached hydrogens (tertiary/aromatic N) is 4. The van der Waals surface area contributed by atoms with Gasteiger partial charge >= 0.3 is 0 Å². The van der Waals surface area contributed by atoms with E-state index in [0.717, 1.165) is 42.8 Å². The van der Waals surface area contributed by atoms with E-state index in [1.54, 1.807) is 36.8 Å². The number of hydrogen-bond acceptors (Lipinski definition) is 6. The van der Waals surface area contributed by atoms with Gasteiger partial charge in [0.2, 0.25) is 5.91 Å². The SMILES string of the molecule is O=C(Nc1ccc(O)cc1)C1CCN(c2ncnc3cccnc23)CC1. The highest BCUT2D eigenvalue weighted by atomic mass is 16.3. The monoisotopic (exact) mass is 349 g/mol. The second kappa shape index (κ2) is 6.95. The Morgan fingerprint density at radius 1 is 1.08 bits per heavy atom. The molecule has 2 N–H and O–H groups in total. The van der Waals surface area contributed by atoms with Crippen molar-refractivity contribution in [3.05, 3.63) is 48.9 Å². The summed E-state index contributed by atoms with van der Waals surface area (Å²) in [6.07, 6.45) is 4.81. The van der Waals surface area contributed by atoms with Crippen LogP contribution in [0.15, 0.2) is 48.9 Å². The minimum Gasteiger partial charge on any atom is -0.508 e. The lowest BCUT2D eigenvalue weighted by molar-refractivity contribution is -0.120. The summed E-state index contributed by atoms with van der Waals surface area (Å²) in [7, 11) is 0. The van der Waals surface area contributed by atoms with Crippen molar-refractivity contribution in [3.8, 4) is 5.75 Å². The summed E-state index contributed by atoms with van der Waals surface area (Å²) in [5.41, 5.74) is 2.31. The number of anilines is 2. The molecule has 0 atom stereocenters. The van der Waals surface area contributed by atoms with Gasteiger partial charge in [-0.25, -0.2) is 9.97 Å². The Bertz CT molecular complexity index is 915. The van der Waals surface area contributed by atoms with Crippen molar-refractivity contribution >= 4 is 28.4 Å². The third-order valence-electron chi connectivity index (χ3n) is 4.68. The van der Waals surface area contributed by atoms with Crippen molar-refractivity contribution in [2.45, 2.75) is 12.8 Å². The van der Waals surface area contributed by atoms with Crippen molar-refractivity contribution in [2.75, 3.05) is 23.3 Å². The molecule has 1 amide bonds. The summed E-state index contributed by atoms with van der Waals surface area (Å²) in [5, 5.41) is 12.2. The fourth-order valence-corrected chi connectivity index (χ4v) is 3.25. The number of piperidine rings is 1. The van der Waals surface area contributed by atoms with Crippen LogP contribution in [0.2, 0.25) is 0 Å². The predicted molar refractivity (Wildman–Crippen MR) is 99.0 cm³/mol. The number of carbonyl (C=O) groups is 1. The molecular formula is C19H19N5O2. The second-order valence-electron chi connectivity index (χ2n) is 6.37. The minimum absolute atomic E-state index is 0.0148. The summed E-state index contributed by atoms with van der Waals surface area (Å²) in [4.78, 5) is 27.7. The second-order valence-corrected chi connectivity index (χ2v) is 6.37. The Kier molecular flexibility index (Phi) is 4.35. The first-order valence-corrected chi connectivity index (χ1v) is 8.61. The van der Waals surface area contributed by atoms with Crippen LogP contribution in [-0.4, -0.2) is 39.1 Å². The van der Waals surface area contributed by atoms with Crippen molar-refractivity contribution < 1.29 is 9.90 Å². The zero-order valence-corrected chi connectivity index (χ0v) is 14.2. The Labute approximate surface area is 150 Å². The van der Waals surface area contributed by atoms with E-state index in [0.29, 0.717) is 5.69 Å². The molecule has 0 radical (unpaired) electrons. The molecule has 26 heavy (non-hydrogen) atoms. The number of rotatable bonds is 3. The van der Waals surface area contributed by atoms with Crippen LogP contribution < -0.4 is 10.2 Å². The van der Waals surface area contributed by atoms with Gasteiger partial charge in [0.15, 0.2) is 5.82 Å². The topological polar surface area (TPSA) is 91.2 Å². The summed E-state index contributed by atoms with van der Waals surface area (Å²) >= 11 is 0. The average molecular weight is 349 g/mol. The molecule has 0 unspecified atom stereocenters. The van der Waals surface area contributed by atoms with E-state index in [-0.39, 0.29) is 17.6 Å². The van der Waals surface area contributed by atoms with Gasteiger partial charge in [0.05, 0.1) is 5.52 Å². The van der Waals surface area contributed by atoms with E-state index in [4.69, 9.17) is 0 Å². The van der Waals surface area contributed by atoms with E-state index >= 15 is 0 Å². The average Bonchev–Trinajstić information content (AvgIpc) is 2.69. The molecule has 1 saturated heterocycles. The van der Waals surface area contributed by atoms with Crippen LogP contribution in [0.25, 0.3) is 11.0 Å². The quantitative estimate of drug-likeness (QED) is 0.706. The van der Waals surface area contributed by atoms with Gasteiger partial charge in [0, 0.05) is 30.9 Å². The number of phenols is 1. The number of amides is 1. The van der Waals surface area contributed by atoms with Crippen LogP contribution in [0, 0.1) is 5.92 Å². The summed E-state index contributed by atoms with van der Waals surface area (Å²) in [5.74, 6) is 0.983. The first-order chi connectivity index (χ1) is 12.7. The van der Waals surface area contributed by atoms with Gasteiger partial charge in [-0.2, -0.15) is 0 Å². The molecule has 3 aromatic rings. The van der Waals surface area contributed by atoms with Crippen LogP contribution in [0.1, 0.15) is 12.8 Å². The number of benzene rings is 1. The largest absolute Gasteiger partial charge is 0.508 e. The van der Waals surface area contributed by atoms with Crippen molar-refractivity contribution in [2.24, 2.45) is 5.92 Å². The zero-order chi connectivity index (χ0) is 17.9. The third kappa shape index (κ3) is 3.28. The Balaban J connectivity index is 1.42. The Morgan fingerprint density at radius 2 is 1.85 bits per heavy atom. The number of pyridine rings is 1. The van der Waals surface area contributed by atoms with Gasteiger partial charge in [-0.1, -0.05) is 0 Å². The van der Waals surface area contributed by atoms with Gasteiger partial charge in [-0.15, -0.1) is 0 Å². The molecule has 4 rings (SSSR count). The maximum atomic E-state index is 12.5. The molecule has 1 aromatic carbocycles. The standard InChI is InChI=1S/C19H19N5O2/c25-15-5-3-14(4-6-15)23-19(26)13-7-10-24(11-8-13)18-17-16(21-12-22-18)2-1-9-20-17/h1-6,9,12-13,25H,7-8,10-11H2,(H,23,26). The Hall–Kier alpha value is -3.22. The smallest absolute Gasteiger partial charge is 0.227 e. The molecule has 0 saturated carbocycles. The highest BCUT2D eigenvalue weighted by molar-refractivity contribution is 5.93. The van der Waals surface area contributed by atoms with E-state index in [9.17, 15) is 9.90 Å². The van der Waals surface area contributed by atoms with Crippen LogP contribution in [0.3, 0.4) is 0 Å². The summed E-state index contributed by atoms with van der Waals surface area (Å²) in [6.45, 7) is 1.49. The molecule has 7 heteroatoms. The molecule has 132 valence electrons. The van der Waals surface area contributed by atoms with E-state index in [2.05, 4.69) is 25.2 Å². The lowest BCUT2D eigenvalue weighted by Crippen LogP contribution is -2.38. The first kappa shape index (κ1) is 16.3. The normalized spacial score (nSPS) is 15.2. The summed E-state index contributed by atoms with van der Waals surface area (Å²) in [6, 6.07) is 10.3. The molecule has 0 spiro atoms. The number of nitrogens with one attached hydrogen (secondary N) is 1. The molecule has 2 aromatic heterocycles. The highest BCUT2D eigenvalue weighted by Crippen LogP contribution is 2.27. The molecule has 3 heterocycles. The van der Waals surface area contributed by atoms with Gasteiger partial charge in [0.1, 0.15) is 17.6 Å². The van der Waals surface area contributed by atoms with Crippen molar-refractivity contribution in [3.63, 3.8) is 0 Å². The van der Waals surface area contributed by atoms with E-state index in [1.165, 1.54) is 0 Å². The predicted octanol–water partition coefficient (Wildman–Crippen LogP) is 2.59. The molecule has 1 aliphatic rings. The zero-order valence-electron chi connectivity index (χ0n) is 14.2. The van der Waals surface area contributed by atoms with Crippen LogP contribution in [0.4, 0.5) is 11.5 Å². The number of fused-ring (bicyclic) bond motifs is 1. The van der Waals surface area contributed by atoms with Gasteiger partial charge in [-0.3, -0.25) is 9.78 Å². The molecule has 0 bridgehead atoms. The molecule has 1 fully saturated rings.